The zero-order valence-electron chi connectivity index (χ0n) is 14.8. The summed E-state index contributed by atoms with van der Waals surface area (Å²) < 4.78 is 13.1. The molecule has 0 aliphatic heterocycles. The number of amides is 1. The van der Waals surface area contributed by atoms with E-state index in [0.717, 1.165) is 24.0 Å². The third-order valence-corrected chi connectivity index (χ3v) is 4.51. The molecule has 0 heterocycles. The van der Waals surface area contributed by atoms with Gasteiger partial charge in [-0.3, -0.25) is 4.79 Å². The Kier molecular flexibility index (Phi) is 5.80. The minimum absolute atomic E-state index is 0.106. The van der Waals surface area contributed by atoms with Gasteiger partial charge in [0, 0.05) is 5.56 Å². The normalized spacial score (nSPS) is 11.8. The molecule has 3 aromatic carbocycles. The molecule has 1 amide bonds. The molecule has 0 saturated carbocycles. The molecule has 3 heteroatoms. The predicted octanol–water partition coefficient (Wildman–Crippen LogP) is 5.10. The van der Waals surface area contributed by atoms with Crippen LogP contribution in [-0.4, -0.2) is 5.91 Å². The second-order valence-electron chi connectivity index (χ2n) is 6.39. The van der Waals surface area contributed by atoms with Gasteiger partial charge in [-0.1, -0.05) is 60.7 Å². The first-order valence-electron chi connectivity index (χ1n) is 8.81. The Bertz CT molecular complexity index is 859. The third-order valence-electron chi connectivity index (χ3n) is 4.51. The van der Waals surface area contributed by atoms with Crippen LogP contribution in [0.5, 0.6) is 0 Å². The third kappa shape index (κ3) is 4.57. The molecule has 26 heavy (non-hydrogen) atoms. The Labute approximate surface area is 153 Å². The van der Waals surface area contributed by atoms with E-state index in [4.69, 9.17) is 0 Å². The van der Waals surface area contributed by atoms with Gasteiger partial charge in [0.25, 0.3) is 5.91 Å². The van der Waals surface area contributed by atoms with Crippen molar-refractivity contribution >= 4 is 5.91 Å². The van der Waals surface area contributed by atoms with Crippen LogP contribution in [0.3, 0.4) is 0 Å². The van der Waals surface area contributed by atoms with Crippen LogP contribution in [0.25, 0.3) is 0 Å². The highest BCUT2D eigenvalue weighted by atomic mass is 19.1. The fraction of sp³-hybridized carbons (Fsp3) is 0.174. The first kappa shape index (κ1) is 17.9. The van der Waals surface area contributed by atoms with Crippen molar-refractivity contribution in [3.05, 3.63) is 107 Å². The number of nitrogens with one attached hydrogen (secondary N) is 1. The van der Waals surface area contributed by atoms with Crippen LogP contribution in [0.1, 0.15) is 40.0 Å². The molecule has 1 atom stereocenters. The van der Waals surface area contributed by atoms with Gasteiger partial charge in [0.05, 0.1) is 6.04 Å². The van der Waals surface area contributed by atoms with E-state index in [1.165, 1.54) is 17.7 Å². The Morgan fingerprint density at radius 3 is 2.27 bits per heavy atom. The van der Waals surface area contributed by atoms with Crippen LogP contribution in [0.2, 0.25) is 0 Å². The maximum absolute atomic E-state index is 13.1. The Morgan fingerprint density at radius 1 is 0.885 bits per heavy atom. The van der Waals surface area contributed by atoms with E-state index in [-0.39, 0.29) is 17.8 Å². The van der Waals surface area contributed by atoms with E-state index in [0.29, 0.717) is 5.56 Å². The molecule has 0 bridgehead atoms. The van der Waals surface area contributed by atoms with E-state index in [9.17, 15) is 9.18 Å². The van der Waals surface area contributed by atoms with Crippen LogP contribution in [0.15, 0.2) is 78.9 Å². The van der Waals surface area contributed by atoms with Gasteiger partial charge in [-0.25, -0.2) is 4.39 Å². The number of halogens is 1. The van der Waals surface area contributed by atoms with Crippen molar-refractivity contribution in [1.29, 1.82) is 0 Å². The van der Waals surface area contributed by atoms with Crippen molar-refractivity contribution < 1.29 is 9.18 Å². The molecule has 3 aromatic rings. The van der Waals surface area contributed by atoms with Crippen molar-refractivity contribution in [1.82, 2.24) is 5.32 Å². The minimum Gasteiger partial charge on any atom is -0.346 e. The highest BCUT2D eigenvalue weighted by Gasteiger charge is 2.14. The molecule has 0 saturated heterocycles. The molecular formula is C23H22FNO. The second kappa shape index (κ2) is 8.43. The number of rotatable bonds is 6. The molecule has 132 valence electrons. The highest BCUT2D eigenvalue weighted by molar-refractivity contribution is 5.95. The zero-order chi connectivity index (χ0) is 18.4. The van der Waals surface area contributed by atoms with Gasteiger partial charge in [-0.05, 0) is 54.7 Å². The summed E-state index contributed by atoms with van der Waals surface area (Å²) in [6, 6.07) is 24.0. The van der Waals surface area contributed by atoms with Crippen LogP contribution < -0.4 is 5.32 Å². The topological polar surface area (TPSA) is 29.1 Å². The number of hydrogen-bond acceptors (Lipinski definition) is 1. The highest BCUT2D eigenvalue weighted by Crippen LogP contribution is 2.17. The van der Waals surface area contributed by atoms with Crippen LogP contribution in [0, 0.1) is 5.82 Å². The van der Waals surface area contributed by atoms with Crippen molar-refractivity contribution in [2.24, 2.45) is 0 Å². The summed E-state index contributed by atoms with van der Waals surface area (Å²) >= 11 is 0. The summed E-state index contributed by atoms with van der Waals surface area (Å²) in [7, 11) is 0. The number of benzene rings is 3. The molecule has 0 unspecified atom stereocenters. The van der Waals surface area contributed by atoms with Crippen molar-refractivity contribution in [3.63, 3.8) is 0 Å². The van der Waals surface area contributed by atoms with Crippen LogP contribution >= 0.6 is 0 Å². The van der Waals surface area contributed by atoms with Gasteiger partial charge in [0.15, 0.2) is 0 Å². The van der Waals surface area contributed by atoms with Gasteiger partial charge in [0.2, 0.25) is 0 Å². The van der Waals surface area contributed by atoms with Gasteiger partial charge < -0.3 is 5.32 Å². The van der Waals surface area contributed by atoms with Crippen molar-refractivity contribution in [2.45, 2.75) is 25.8 Å². The summed E-state index contributed by atoms with van der Waals surface area (Å²) in [5, 5.41) is 3.01. The maximum Gasteiger partial charge on any atom is 0.252 e. The van der Waals surface area contributed by atoms with E-state index in [1.807, 2.05) is 49.4 Å². The Hall–Kier alpha value is -2.94. The summed E-state index contributed by atoms with van der Waals surface area (Å²) in [6.07, 6.45) is 1.69. The fourth-order valence-electron chi connectivity index (χ4n) is 2.99. The van der Waals surface area contributed by atoms with Crippen molar-refractivity contribution in [3.8, 4) is 0 Å². The molecule has 0 aromatic heterocycles. The lowest BCUT2D eigenvalue weighted by Gasteiger charge is -2.16. The van der Waals surface area contributed by atoms with E-state index in [1.54, 1.807) is 12.1 Å². The fourth-order valence-corrected chi connectivity index (χ4v) is 2.99. The summed E-state index contributed by atoms with van der Waals surface area (Å²) in [4.78, 5) is 12.7. The average molecular weight is 347 g/mol. The van der Waals surface area contributed by atoms with Gasteiger partial charge in [-0.15, -0.1) is 0 Å². The second-order valence-corrected chi connectivity index (χ2v) is 6.39. The lowest BCUT2D eigenvalue weighted by Crippen LogP contribution is -2.27. The number of hydrogen-bond donors (Lipinski definition) is 1. The molecule has 2 nitrogen and oxygen atoms in total. The zero-order valence-corrected chi connectivity index (χ0v) is 14.8. The largest absolute Gasteiger partial charge is 0.346 e. The Morgan fingerprint density at radius 2 is 1.54 bits per heavy atom. The van der Waals surface area contributed by atoms with Crippen LogP contribution in [0.4, 0.5) is 4.39 Å². The van der Waals surface area contributed by atoms with Gasteiger partial charge in [-0.2, -0.15) is 0 Å². The molecule has 1 N–H and O–H groups in total. The molecule has 3 rings (SSSR count). The molecule has 0 aliphatic rings. The summed E-state index contributed by atoms with van der Waals surface area (Å²) in [6.45, 7) is 1.90. The first-order chi connectivity index (χ1) is 12.6. The molecule has 0 aliphatic carbocycles. The van der Waals surface area contributed by atoms with Gasteiger partial charge in [0.1, 0.15) is 5.82 Å². The molecular weight excluding hydrogens is 325 g/mol. The summed E-state index contributed by atoms with van der Waals surface area (Å²) in [5.74, 6) is -0.385. The average Bonchev–Trinajstić information content (AvgIpc) is 2.68. The van der Waals surface area contributed by atoms with E-state index in [2.05, 4.69) is 17.4 Å². The number of carbonyl (C=O) groups excluding carboxylic acids is 1. The van der Waals surface area contributed by atoms with Crippen molar-refractivity contribution in [2.75, 3.05) is 0 Å². The number of aryl methyl sites for hydroxylation is 2. The maximum atomic E-state index is 13.1. The molecule has 0 fully saturated rings. The quantitative estimate of drug-likeness (QED) is 0.660. The number of carbonyl (C=O) groups is 1. The minimum atomic E-state index is -0.279. The summed E-state index contributed by atoms with van der Waals surface area (Å²) in [5.41, 5.74) is 3.85. The monoisotopic (exact) mass is 347 g/mol. The first-order valence-corrected chi connectivity index (χ1v) is 8.81. The standard InChI is InChI=1S/C23H22FNO/c1-17(19-13-15-21(24)16-14-19)25-23(26)22-10-6-5-9-20(22)12-11-18-7-3-2-4-8-18/h2-10,13-17H,11-12H2,1H3,(H,25,26)/t17-/m0/s1. The van der Waals surface area contributed by atoms with E-state index < -0.39 is 0 Å². The van der Waals surface area contributed by atoms with E-state index >= 15 is 0 Å². The molecule has 0 radical (unpaired) electrons. The lowest BCUT2D eigenvalue weighted by molar-refractivity contribution is 0.0939. The lowest BCUT2D eigenvalue weighted by atomic mass is 9.99. The Balaban J connectivity index is 1.70. The smallest absolute Gasteiger partial charge is 0.252 e. The van der Waals surface area contributed by atoms with Crippen LogP contribution in [-0.2, 0) is 12.8 Å². The van der Waals surface area contributed by atoms with Gasteiger partial charge >= 0.3 is 0 Å². The SMILES string of the molecule is C[C@H](NC(=O)c1ccccc1CCc1ccccc1)c1ccc(F)cc1. The predicted molar refractivity (Wildman–Crippen MR) is 103 cm³/mol. The molecule has 0 spiro atoms.